The minimum absolute atomic E-state index is 0.453. The summed E-state index contributed by atoms with van der Waals surface area (Å²) in [6, 6.07) is 0.724. The van der Waals surface area contributed by atoms with E-state index >= 15 is 0 Å². The Morgan fingerprint density at radius 2 is 1.75 bits per heavy atom. The summed E-state index contributed by atoms with van der Waals surface area (Å²) < 4.78 is 0. The normalized spacial score (nSPS) is 31.6. The molecule has 2 atom stereocenters. The van der Waals surface area contributed by atoms with Gasteiger partial charge in [-0.2, -0.15) is 0 Å². The lowest BCUT2D eigenvalue weighted by Crippen LogP contribution is -2.64. The van der Waals surface area contributed by atoms with E-state index in [9.17, 15) is 0 Å². The van der Waals surface area contributed by atoms with Crippen LogP contribution in [0.25, 0.3) is 0 Å². The first kappa shape index (κ1) is 16.3. The van der Waals surface area contributed by atoms with E-state index in [-0.39, 0.29) is 0 Å². The maximum absolute atomic E-state index is 3.79. The van der Waals surface area contributed by atoms with E-state index in [4.69, 9.17) is 0 Å². The molecule has 1 aliphatic carbocycles. The zero-order valence-electron chi connectivity index (χ0n) is 14.1. The van der Waals surface area contributed by atoms with Gasteiger partial charge in [0.2, 0.25) is 0 Å². The molecular weight excluding hydrogens is 244 g/mol. The van der Waals surface area contributed by atoms with Gasteiger partial charge in [0.15, 0.2) is 0 Å². The number of rotatable bonds is 9. The summed E-state index contributed by atoms with van der Waals surface area (Å²) in [6.07, 6.45) is 12.7. The highest BCUT2D eigenvalue weighted by molar-refractivity contribution is 5.04. The van der Waals surface area contributed by atoms with Gasteiger partial charge in [0.1, 0.15) is 0 Å². The maximum Gasteiger partial charge on any atom is 0.0334 e. The highest BCUT2D eigenvalue weighted by atomic mass is 15.3. The summed E-state index contributed by atoms with van der Waals surface area (Å²) in [5.74, 6) is 0.966. The van der Waals surface area contributed by atoms with Crippen LogP contribution in [0.5, 0.6) is 0 Å². The zero-order chi connectivity index (χ0) is 14.4. The van der Waals surface area contributed by atoms with Crippen LogP contribution >= 0.6 is 0 Å². The Labute approximate surface area is 126 Å². The van der Waals surface area contributed by atoms with Gasteiger partial charge < -0.3 is 5.32 Å². The van der Waals surface area contributed by atoms with Crippen LogP contribution < -0.4 is 5.32 Å². The lowest BCUT2D eigenvalue weighted by molar-refractivity contribution is 0.0327. The molecule has 1 N–H and O–H groups in total. The fourth-order valence-corrected chi connectivity index (χ4v) is 3.81. The van der Waals surface area contributed by atoms with Crippen LogP contribution in [0.2, 0.25) is 0 Å². The van der Waals surface area contributed by atoms with Crippen LogP contribution in [0.1, 0.15) is 78.6 Å². The van der Waals surface area contributed by atoms with E-state index in [2.05, 4.69) is 31.0 Å². The second kappa shape index (κ2) is 7.79. The minimum Gasteiger partial charge on any atom is -0.311 e. The molecule has 0 bridgehead atoms. The molecule has 0 spiro atoms. The van der Waals surface area contributed by atoms with Crippen molar-refractivity contribution in [2.75, 3.05) is 19.6 Å². The summed E-state index contributed by atoms with van der Waals surface area (Å²) in [4.78, 5) is 2.84. The quantitative estimate of drug-likeness (QED) is 0.637. The topological polar surface area (TPSA) is 15.3 Å². The van der Waals surface area contributed by atoms with E-state index in [0.29, 0.717) is 5.54 Å². The van der Waals surface area contributed by atoms with Crippen LogP contribution in [0.15, 0.2) is 0 Å². The highest BCUT2D eigenvalue weighted by Gasteiger charge is 2.47. The van der Waals surface area contributed by atoms with Crippen molar-refractivity contribution in [1.29, 1.82) is 0 Å². The third-order valence-corrected chi connectivity index (χ3v) is 5.64. The molecule has 118 valence electrons. The second-order valence-corrected chi connectivity index (χ2v) is 7.33. The molecule has 20 heavy (non-hydrogen) atoms. The predicted octanol–water partition coefficient (Wildman–Crippen LogP) is 4.20. The first-order valence-corrected chi connectivity index (χ1v) is 9.19. The molecule has 2 fully saturated rings. The number of nitrogens with one attached hydrogen (secondary N) is 1. The average molecular weight is 281 g/mol. The number of hydrogen-bond donors (Lipinski definition) is 1. The standard InChI is InChI=1S/C18H36N2/c1-4-6-7-8-9-10-13-20-14-17(5-2)19-15-18(20,3)16-11-12-16/h16-17,19H,4-15H2,1-3H3. The van der Waals surface area contributed by atoms with Gasteiger partial charge in [-0.15, -0.1) is 0 Å². The predicted molar refractivity (Wildman–Crippen MR) is 88.2 cm³/mol. The van der Waals surface area contributed by atoms with Gasteiger partial charge in [-0.25, -0.2) is 0 Å². The summed E-state index contributed by atoms with van der Waals surface area (Å²) in [5, 5.41) is 3.79. The van der Waals surface area contributed by atoms with Crippen LogP contribution in [0.3, 0.4) is 0 Å². The monoisotopic (exact) mass is 280 g/mol. The molecule has 2 aliphatic rings. The van der Waals surface area contributed by atoms with Crippen LogP contribution in [0, 0.1) is 5.92 Å². The van der Waals surface area contributed by atoms with Crippen LogP contribution in [-0.2, 0) is 0 Å². The largest absolute Gasteiger partial charge is 0.311 e. The lowest BCUT2D eigenvalue weighted by Gasteiger charge is -2.49. The van der Waals surface area contributed by atoms with Gasteiger partial charge in [-0.05, 0) is 45.1 Å². The summed E-state index contributed by atoms with van der Waals surface area (Å²) in [5.41, 5.74) is 0.453. The molecule has 1 heterocycles. The lowest BCUT2D eigenvalue weighted by atomic mass is 9.88. The van der Waals surface area contributed by atoms with Gasteiger partial charge in [-0.1, -0.05) is 46.0 Å². The molecule has 2 unspecified atom stereocenters. The van der Waals surface area contributed by atoms with Crippen molar-refractivity contribution in [3.8, 4) is 0 Å². The SMILES string of the molecule is CCCCCCCCN1CC(CC)NCC1(C)C1CC1. The number of nitrogens with zero attached hydrogens (tertiary/aromatic N) is 1. The molecule has 2 nitrogen and oxygen atoms in total. The van der Waals surface area contributed by atoms with Gasteiger partial charge >= 0.3 is 0 Å². The van der Waals surface area contributed by atoms with Gasteiger partial charge in [0.05, 0.1) is 0 Å². The second-order valence-electron chi connectivity index (χ2n) is 7.33. The van der Waals surface area contributed by atoms with Crippen LogP contribution in [0.4, 0.5) is 0 Å². The Bertz CT molecular complexity index is 275. The van der Waals surface area contributed by atoms with E-state index in [0.717, 1.165) is 12.0 Å². The molecule has 1 aliphatic heterocycles. The van der Waals surface area contributed by atoms with E-state index in [1.54, 1.807) is 0 Å². The molecule has 0 aromatic heterocycles. The first-order valence-electron chi connectivity index (χ1n) is 9.19. The van der Waals surface area contributed by atoms with Crippen molar-refractivity contribution in [1.82, 2.24) is 10.2 Å². The Morgan fingerprint density at radius 3 is 2.40 bits per heavy atom. The van der Waals surface area contributed by atoms with E-state index in [1.165, 1.54) is 77.4 Å². The Hall–Kier alpha value is -0.0800. The third-order valence-electron chi connectivity index (χ3n) is 5.64. The Balaban J connectivity index is 1.75. The molecule has 0 aromatic carbocycles. The fraction of sp³-hybridized carbons (Fsp3) is 1.00. The smallest absolute Gasteiger partial charge is 0.0334 e. The number of unbranched alkanes of at least 4 members (excludes halogenated alkanes) is 5. The average Bonchev–Trinajstić information content (AvgIpc) is 3.29. The summed E-state index contributed by atoms with van der Waals surface area (Å²) >= 11 is 0. The highest BCUT2D eigenvalue weighted by Crippen LogP contribution is 2.44. The van der Waals surface area contributed by atoms with Crippen molar-refractivity contribution in [3.05, 3.63) is 0 Å². The van der Waals surface area contributed by atoms with Gasteiger partial charge in [0.25, 0.3) is 0 Å². The summed E-state index contributed by atoms with van der Waals surface area (Å²) in [6.45, 7) is 11.0. The van der Waals surface area contributed by atoms with Gasteiger partial charge in [0, 0.05) is 24.7 Å². The van der Waals surface area contributed by atoms with Crippen molar-refractivity contribution in [3.63, 3.8) is 0 Å². The molecule has 2 rings (SSSR count). The third kappa shape index (κ3) is 4.21. The van der Waals surface area contributed by atoms with Crippen molar-refractivity contribution in [2.24, 2.45) is 5.92 Å². The molecule has 0 radical (unpaired) electrons. The van der Waals surface area contributed by atoms with E-state index < -0.39 is 0 Å². The molecule has 0 amide bonds. The Morgan fingerprint density at radius 1 is 1.05 bits per heavy atom. The molecule has 1 saturated carbocycles. The van der Waals surface area contributed by atoms with Crippen molar-refractivity contribution >= 4 is 0 Å². The molecule has 2 heteroatoms. The van der Waals surface area contributed by atoms with Gasteiger partial charge in [-0.3, -0.25) is 4.90 Å². The van der Waals surface area contributed by atoms with Crippen molar-refractivity contribution in [2.45, 2.75) is 90.1 Å². The maximum atomic E-state index is 3.79. The van der Waals surface area contributed by atoms with Crippen molar-refractivity contribution < 1.29 is 0 Å². The summed E-state index contributed by atoms with van der Waals surface area (Å²) in [7, 11) is 0. The number of hydrogen-bond acceptors (Lipinski definition) is 2. The van der Waals surface area contributed by atoms with E-state index in [1.807, 2.05) is 0 Å². The molecule has 0 aromatic rings. The Kier molecular flexibility index (Phi) is 6.35. The number of piperazine rings is 1. The zero-order valence-corrected chi connectivity index (χ0v) is 14.1. The first-order chi connectivity index (χ1) is 9.70. The minimum atomic E-state index is 0.453. The molecular formula is C18H36N2. The molecule has 1 saturated heterocycles. The fourth-order valence-electron chi connectivity index (χ4n) is 3.81. The van der Waals surface area contributed by atoms with Crippen LogP contribution in [-0.4, -0.2) is 36.1 Å².